The SMILES string of the molecule is CC1(CNc2cc(Cl)ccc2F)COC1. The van der Waals surface area contributed by atoms with Crippen molar-refractivity contribution in [3.05, 3.63) is 29.0 Å². The van der Waals surface area contributed by atoms with Crippen LogP contribution in [0, 0.1) is 11.2 Å². The van der Waals surface area contributed by atoms with Crippen LogP contribution in [-0.4, -0.2) is 19.8 Å². The normalized spacial score (nSPS) is 18.3. The van der Waals surface area contributed by atoms with E-state index in [4.69, 9.17) is 16.3 Å². The molecule has 0 amide bonds. The van der Waals surface area contributed by atoms with E-state index < -0.39 is 0 Å². The van der Waals surface area contributed by atoms with E-state index in [1.54, 1.807) is 6.07 Å². The van der Waals surface area contributed by atoms with Crippen molar-refractivity contribution < 1.29 is 9.13 Å². The Balaban J connectivity index is 2.01. The van der Waals surface area contributed by atoms with Crippen molar-refractivity contribution in [2.45, 2.75) is 6.92 Å². The lowest BCUT2D eigenvalue weighted by molar-refractivity contribution is -0.0924. The maximum atomic E-state index is 13.3. The maximum Gasteiger partial charge on any atom is 0.146 e. The number of ether oxygens (including phenoxy) is 1. The van der Waals surface area contributed by atoms with Gasteiger partial charge in [-0.1, -0.05) is 18.5 Å². The fourth-order valence-corrected chi connectivity index (χ4v) is 1.67. The third-order valence-electron chi connectivity index (χ3n) is 2.54. The minimum atomic E-state index is -0.275. The Kier molecular flexibility index (Phi) is 2.85. The predicted molar refractivity (Wildman–Crippen MR) is 58.8 cm³/mol. The molecule has 4 heteroatoms. The molecule has 0 atom stereocenters. The van der Waals surface area contributed by atoms with Crippen LogP contribution >= 0.6 is 11.6 Å². The quantitative estimate of drug-likeness (QED) is 0.861. The van der Waals surface area contributed by atoms with E-state index in [0.29, 0.717) is 17.3 Å². The van der Waals surface area contributed by atoms with E-state index >= 15 is 0 Å². The van der Waals surface area contributed by atoms with Gasteiger partial charge in [0.2, 0.25) is 0 Å². The zero-order chi connectivity index (χ0) is 10.9. The molecule has 0 radical (unpaired) electrons. The summed E-state index contributed by atoms with van der Waals surface area (Å²) in [5.74, 6) is -0.275. The van der Waals surface area contributed by atoms with Gasteiger partial charge in [0.05, 0.1) is 18.9 Å². The molecule has 1 aromatic rings. The van der Waals surface area contributed by atoms with Crippen molar-refractivity contribution >= 4 is 17.3 Å². The molecule has 0 unspecified atom stereocenters. The van der Waals surface area contributed by atoms with Crippen molar-refractivity contribution in [1.82, 2.24) is 0 Å². The molecular weight excluding hydrogens is 217 g/mol. The highest BCUT2D eigenvalue weighted by Crippen LogP contribution is 2.28. The smallest absolute Gasteiger partial charge is 0.146 e. The molecule has 1 aromatic carbocycles. The van der Waals surface area contributed by atoms with Gasteiger partial charge in [0, 0.05) is 17.0 Å². The average molecular weight is 230 g/mol. The first kappa shape index (κ1) is 10.7. The summed E-state index contributed by atoms with van der Waals surface area (Å²) in [6.07, 6.45) is 0. The van der Waals surface area contributed by atoms with Crippen molar-refractivity contribution in [1.29, 1.82) is 0 Å². The topological polar surface area (TPSA) is 21.3 Å². The second-order valence-corrected chi connectivity index (χ2v) is 4.72. The number of nitrogens with one attached hydrogen (secondary N) is 1. The number of anilines is 1. The highest BCUT2D eigenvalue weighted by Gasteiger charge is 2.33. The molecule has 0 saturated carbocycles. The minimum absolute atomic E-state index is 0.120. The third-order valence-corrected chi connectivity index (χ3v) is 2.77. The molecule has 0 aromatic heterocycles. The van der Waals surface area contributed by atoms with E-state index in [1.165, 1.54) is 12.1 Å². The number of rotatable bonds is 3. The lowest BCUT2D eigenvalue weighted by Crippen LogP contribution is -2.45. The lowest BCUT2D eigenvalue weighted by atomic mass is 9.89. The molecule has 1 saturated heterocycles. The van der Waals surface area contributed by atoms with Crippen LogP contribution in [0.3, 0.4) is 0 Å². The Morgan fingerprint density at radius 2 is 2.27 bits per heavy atom. The Morgan fingerprint density at radius 1 is 1.53 bits per heavy atom. The molecule has 82 valence electrons. The molecule has 1 aliphatic rings. The number of hydrogen-bond donors (Lipinski definition) is 1. The first-order valence-corrected chi connectivity index (χ1v) is 5.24. The molecule has 15 heavy (non-hydrogen) atoms. The van der Waals surface area contributed by atoms with Crippen molar-refractivity contribution in [3.63, 3.8) is 0 Å². The van der Waals surface area contributed by atoms with Gasteiger partial charge in [0.25, 0.3) is 0 Å². The van der Waals surface area contributed by atoms with Crippen molar-refractivity contribution in [2.75, 3.05) is 25.1 Å². The highest BCUT2D eigenvalue weighted by molar-refractivity contribution is 6.30. The Hall–Kier alpha value is -0.800. The van der Waals surface area contributed by atoms with E-state index in [2.05, 4.69) is 12.2 Å². The second-order valence-electron chi connectivity index (χ2n) is 4.28. The summed E-state index contributed by atoms with van der Waals surface area (Å²) in [6.45, 7) is 4.25. The summed E-state index contributed by atoms with van der Waals surface area (Å²) in [5, 5.41) is 3.59. The molecule has 1 fully saturated rings. The molecule has 0 spiro atoms. The van der Waals surface area contributed by atoms with Crippen LogP contribution in [0.1, 0.15) is 6.92 Å². The number of hydrogen-bond acceptors (Lipinski definition) is 2. The number of benzene rings is 1. The van der Waals surface area contributed by atoms with Crippen LogP contribution in [0.4, 0.5) is 10.1 Å². The summed E-state index contributed by atoms with van der Waals surface area (Å²) in [6, 6.07) is 4.50. The second kappa shape index (κ2) is 3.99. The van der Waals surface area contributed by atoms with E-state index in [9.17, 15) is 4.39 Å². The van der Waals surface area contributed by atoms with Gasteiger partial charge in [-0.2, -0.15) is 0 Å². The van der Waals surface area contributed by atoms with Gasteiger partial charge in [0.15, 0.2) is 0 Å². The predicted octanol–water partition coefficient (Wildman–Crippen LogP) is 2.93. The summed E-state index contributed by atoms with van der Waals surface area (Å²) in [4.78, 5) is 0. The molecule has 1 heterocycles. The van der Waals surface area contributed by atoms with Gasteiger partial charge in [-0.15, -0.1) is 0 Å². The van der Waals surface area contributed by atoms with Crippen LogP contribution < -0.4 is 5.32 Å². The largest absolute Gasteiger partial charge is 0.382 e. The molecule has 1 aliphatic heterocycles. The number of halogens is 2. The van der Waals surface area contributed by atoms with Gasteiger partial charge < -0.3 is 10.1 Å². The van der Waals surface area contributed by atoms with Gasteiger partial charge in [0.1, 0.15) is 5.82 Å². The average Bonchev–Trinajstić information content (AvgIpc) is 2.17. The standard InChI is InChI=1S/C11H13ClFNO/c1-11(6-15-7-11)5-14-10-4-8(12)2-3-9(10)13/h2-4,14H,5-7H2,1H3. The van der Waals surface area contributed by atoms with Crippen molar-refractivity contribution in [3.8, 4) is 0 Å². The summed E-state index contributed by atoms with van der Waals surface area (Å²) < 4.78 is 18.4. The fourth-order valence-electron chi connectivity index (χ4n) is 1.49. The summed E-state index contributed by atoms with van der Waals surface area (Å²) in [7, 11) is 0. The van der Waals surface area contributed by atoms with Gasteiger partial charge in [-0.25, -0.2) is 4.39 Å². The molecule has 0 aliphatic carbocycles. The Labute approximate surface area is 93.4 Å². The van der Waals surface area contributed by atoms with Crippen LogP contribution in [-0.2, 0) is 4.74 Å². The van der Waals surface area contributed by atoms with Gasteiger partial charge in [-0.05, 0) is 18.2 Å². The zero-order valence-corrected chi connectivity index (χ0v) is 9.27. The van der Waals surface area contributed by atoms with Crippen molar-refractivity contribution in [2.24, 2.45) is 5.41 Å². The van der Waals surface area contributed by atoms with Gasteiger partial charge in [-0.3, -0.25) is 0 Å². The Bertz CT molecular complexity index is 366. The molecular formula is C11H13ClFNO. The molecule has 1 N–H and O–H groups in total. The monoisotopic (exact) mass is 229 g/mol. The molecule has 2 rings (SSSR count). The fraction of sp³-hybridized carbons (Fsp3) is 0.455. The molecule has 0 bridgehead atoms. The van der Waals surface area contributed by atoms with Gasteiger partial charge >= 0.3 is 0 Å². The first-order valence-electron chi connectivity index (χ1n) is 4.86. The maximum absolute atomic E-state index is 13.3. The van der Waals surface area contributed by atoms with E-state index in [1.807, 2.05) is 0 Å². The minimum Gasteiger partial charge on any atom is -0.382 e. The molecule has 2 nitrogen and oxygen atoms in total. The van der Waals surface area contributed by atoms with E-state index in [-0.39, 0.29) is 11.2 Å². The zero-order valence-electron chi connectivity index (χ0n) is 8.52. The highest BCUT2D eigenvalue weighted by atomic mass is 35.5. The Morgan fingerprint density at radius 3 is 2.87 bits per heavy atom. The van der Waals surface area contributed by atoms with Crippen LogP contribution in [0.15, 0.2) is 18.2 Å². The summed E-state index contributed by atoms with van der Waals surface area (Å²) >= 11 is 5.78. The first-order chi connectivity index (χ1) is 7.09. The summed E-state index contributed by atoms with van der Waals surface area (Å²) in [5.41, 5.74) is 0.574. The lowest BCUT2D eigenvalue weighted by Gasteiger charge is -2.38. The van der Waals surface area contributed by atoms with Crippen LogP contribution in [0.2, 0.25) is 5.02 Å². The van der Waals surface area contributed by atoms with Crippen LogP contribution in [0.25, 0.3) is 0 Å². The third kappa shape index (κ3) is 2.41. The van der Waals surface area contributed by atoms with E-state index in [0.717, 1.165) is 13.2 Å². The van der Waals surface area contributed by atoms with Crippen LogP contribution in [0.5, 0.6) is 0 Å².